The maximum atomic E-state index is 6.26. The molecule has 0 saturated heterocycles. The standard InChI is InChI=1S/C11H12BrNS2/c1-6-4-14-5-8(6)10(13)11-9(12)3-7(2)15-11/h3-5,10H,13H2,1-2H3. The lowest BCUT2D eigenvalue weighted by Gasteiger charge is -2.10. The van der Waals surface area contributed by atoms with Crippen LogP contribution in [0.5, 0.6) is 0 Å². The Morgan fingerprint density at radius 3 is 2.53 bits per heavy atom. The van der Waals surface area contributed by atoms with Crippen LogP contribution in [0.4, 0.5) is 0 Å². The first-order chi connectivity index (χ1) is 7.09. The van der Waals surface area contributed by atoms with Crippen molar-refractivity contribution in [1.82, 2.24) is 0 Å². The van der Waals surface area contributed by atoms with Gasteiger partial charge in [-0.3, -0.25) is 0 Å². The SMILES string of the molecule is Cc1cc(Br)c(C(N)c2cscc2C)s1. The van der Waals surface area contributed by atoms with Gasteiger partial charge >= 0.3 is 0 Å². The zero-order valence-electron chi connectivity index (χ0n) is 8.58. The Balaban J connectivity index is 2.40. The Morgan fingerprint density at radius 2 is 2.07 bits per heavy atom. The van der Waals surface area contributed by atoms with Crippen molar-refractivity contribution in [3.8, 4) is 0 Å². The van der Waals surface area contributed by atoms with Gasteiger partial charge in [-0.25, -0.2) is 0 Å². The van der Waals surface area contributed by atoms with Gasteiger partial charge in [-0.1, -0.05) is 0 Å². The summed E-state index contributed by atoms with van der Waals surface area (Å²) in [5.74, 6) is 0. The molecule has 2 aromatic heterocycles. The van der Waals surface area contributed by atoms with Gasteiger partial charge in [0.05, 0.1) is 6.04 Å². The number of rotatable bonds is 2. The average molecular weight is 302 g/mol. The smallest absolute Gasteiger partial charge is 0.0668 e. The van der Waals surface area contributed by atoms with Crippen molar-refractivity contribution in [3.05, 3.63) is 42.2 Å². The van der Waals surface area contributed by atoms with E-state index in [-0.39, 0.29) is 6.04 Å². The van der Waals surface area contributed by atoms with E-state index in [0.29, 0.717) is 0 Å². The highest BCUT2D eigenvalue weighted by Gasteiger charge is 2.17. The second-order valence-electron chi connectivity index (χ2n) is 3.56. The molecule has 0 aliphatic carbocycles. The maximum Gasteiger partial charge on any atom is 0.0668 e. The van der Waals surface area contributed by atoms with E-state index in [9.17, 15) is 0 Å². The highest BCUT2D eigenvalue weighted by Crippen LogP contribution is 2.35. The molecule has 0 fully saturated rings. The monoisotopic (exact) mass is 301 g/mol. The number of thiophene rings is 2. The van der Waals surface area contributed by atoms with Crippen LogP contribution in [-0.4, -0.2) is 0 Å². The highest BCUT2D eigenvalue weighted by atomic mass is 79.9. The molecule has 2 aromatic rings. The van der Waals surface area contributed by atoms with Crippen molar-refractivity contribution in [2.75, 3.05) is 0 Å². The van der Waals surface area contributed by atoms with Crippen molar-refractivity contribution in [2.45, 2.75) is 19.9 Å². The van der Waals surface area contributed by atoms with Gasteiger partial charge in [-0.15, -0.1) is 11.3 Å². The molecule has 1 atom stereocenters. The molecular weight excluding hydrogens is 290 g/mol. The number of halogens is 1. The van der Waals surface area contributed by atoms with E-state index < -0.39 is 0 Å². The minimum absolute atomic E-state index is 0.00400. The Morgan fingerprint density at radius 1 is 1.33 bits per heavy atom. The van der Waals surface area contributed by atoms with E-state index in [1.165, 1.54) is 20.9 Å². The van der Waals surface area contributed by atoms with Gasteiger partial charge in [0.1, 0.15) is 0 Å². The van der Waals surface area contributed by atoms with Crippen LogP contribution in [0.1, 0.15) is 26.9 Å². The number of hydrogen-bond acceptors (Lipinski definition) is 3. The first-order valence-corrected chi connectivity index (χ1v) is 7.19. The highest BCUT2D eigenvalue weighted by molar-refractivity contribution is 9.10. The summed E-state index contributed by atoms with van der Waals surface area (Å²) in [5, 5.41) is 4.28. The summed E-state index contributed by atoms with van der Waals surface area (Å²) >= 11 is 7.03. The molecule has 4 heteroatoms. The largest absolute Gasteiger partial charge is 0.320 e. The van der Waals surface area contributed by atoms with E-state index in [0.717, 1.165) is 4.47 Å². The summed E-state index contributed by atoms with van der Waals surface area (Å²) in [6.07, 6.45) is 0. The van der Waals surface area contributed by atoms with Crippen LogP contribution >= 0.6 is 38.6 Å². The molecule has 0 saturated carbocycles. The van der Waals surface area contributed by atoms with Crippen LogP contribution < -0.4 is 5.73 Å². The summed E-state index contributed by atoms with van der Waals surface area (Å²) in [4.78, 5) is 2.51. The van der Waals surface area contributed by atoms with Gasteiger partial charge in [0, 0.05) is 14.2 Å². The second-order valence-corrected chi connectivity index (χ2v) is 6.44. The molecule has 15 heavy (non-hydrogen) atoms. The third kappa shape index (κ3) is 2.18. The average Bonchev–Trinajstić information content (AvgIpc) is 2.71. The van der Waals surface area contributed by atoms with Crippen molar-refractivity contribution in [3.63, 3.8) is 0 Å². The van der Waals surface area contributed by atoms with Crippen LogP contribution in [0.2, 0.25) is 0 Å². The third-order valence-electron chi connectivity index (χ3n) is 2.35. The van der Waals surface area contributed by atoms with E-state index in [2.05, 4.69) is 46.6 Å². The van der Waals surface area contributed by atoms with Crippen molar-refractivity contribution in [1.29, 1.82) is 0 Å². The lowest BCUT2D eigenvalue weighted by molar-refractivity contribution is 0.885. The minimum atomic E-state index is 0.00400. The van der Waals surface area contributed by atoms with E-state index >= 15 is 0 Å². The summed E-state index contributed by atoms with van der Waals surface area (Å²) in [7, 11) is 0. The zero-order chi connectivity index (χ0) is 11.0. The van der Waals surface area contributed by atoms with Crippen LogP contribution in [0.15, 0.2) is 21.3 Å². The van der Waals surface area contributed by atoms with Gasteiger partial charge in [-0.2, -0.15) is 11.3 Å². The topological polar surface area (TPSA) is 26.0 Å². The van der Waals surface area contributed by atoms with Crippen molar-refractivity contribution < 1.29 is 0 Å². The summed E-state index contributed by atoms with van der Waals surface area (Å²) in [6.45, 7) is 4.21. The molecule has 2 heterocycles. The molecule has 0 radical (unpaired) electrons. The Kier molecular flexibility index (Phi) is 3.30. The number of nitrogens with two attached hydrogens (primary N) is 1. The predicted molar refractivity (Wildman–Crippen MR) is 71.8 cm³/mol. The molecule has 1 unspecified atom stereocenters. The van der Waals surface area contributed by atoms with Crippen LogP contribution in [0.25, 0.3) is 0 Å². The van der Waals surface area contributed by atoms with Crippen LogP contribution in [0, 0.1) is 13.8 Å². The molecule has 0 aliphatic rings. The molecule has 0 aliphatic heterocycles. The molecule has 80 valence electrons. The molecule has 1 nitrogen and oxygen atoms in total. The molecule has 0 amide bonds. The lowest BCUT2D eigenvalue weighted by atomic mass is 10.1. The van der Waals surface area contributed by atoms with Crippen molar-refractivity contribution in [2.24, 2.45) is 5.73 Å². The summed E-state index contributed by atoms with van der Waals surface area (Å²) in [5.41, 5.74) is 8.78. The first kappa shape index (κ1) is 11.3. The number of aryl methyl sites for hydroxylation is 2. The maximum absolute atomic E-state index is 6.26. The van der Waals surface area contributed by atoms with Gasteiger partial charge < -0.3 is 5.73 Å². The fraction of sp³-hybridized carbons (Fsp3) is 0.273. The van der Waals surface area contributed by atoms with E-state index in [1.54, 1.807) is 22.7 Å². The Labute approximate surface area is 106 Å². The van der Waals surface area contributed by atoms with Crippen LogP contribution in [0.3, 0.4) is 0 Å². The third-order valence-corrected chi connectivity index (χ3v) is 5.28. The first-order valence-electron chi connectivity index (χ1n) is 4.63. The number of hydrogen-bond donors (Lipinski definition) is 1. The molecule has 2 N–H and O–H groups in total. The van der Waals surface area contributed by atoms with Gasteiger partial charge in [0.25, 0.3) is 0 Å². The van der Waals surface area contributed by atoms with Gasteiger partial charge in [-0.05, 0) is 57.7 Å². The van der Waals surface area contributed by atoms with Gasteiger partial charge in [0.2, 0.25) is 0 Å². The summed E-state index contributed by atoms with van der Waals surface area (Å²) < 4.78 is 1.13. The van der Waals surface area contributed by atoms with E-state index in [1.807, 2.05) is 0 Å². The molecular formula is C11H12BrNS2. The van der Waals surface area contributed by atoms with Crippen LogP contribution in [-0.2, 0) is 0 Å². The van der Waals surface area contributed by atoms with Gasteiger partial charge in [0.15, 0.2) is 0 Å². The normalized spacial score (nSPS) is 13.1. The molecule has 0 spiro atoms. The molecule has 0 aromatic carbocycles. The Bertz CT molecular complexity index is 473. The zero-order valence-corrected chi connectivity index (χ0v) is 11.8. The summed E-state index contributed by atoms with van der Waals surface area (Å²) in [6, 6.07) is 2.13. The second kappa shape index (κ2) is 4.37. The predicted octanol–water partition coefficient (Wildman–Crippen LogP) is 4.24. The fourth-order valence-corrected chi connectivity index (χ4v) is 4.35. The Hall–Kier alpha value is -0.160. The van der Waals surface area contributed by atoms with Crippen molar-refractivity contribution >= 4 is 38.6 Å². The molecule has 2 rings (SSSR count). The minimum Gasteiger partial charge on any atom is -0.320 e. The quantitative estimate of drug-likeness (QED) is 0.882. The lowest BCUT2D eigenvalue weighted by Crippen LogP contribution is -2.10. The molecule has 0 bridgehead atoms. The van der Waals surface area contributed by atoms with E-state index in [4.69, 9.17) is 5.73 Å². The fourth-order valence-electron chi connectivity index (χ4n) is 1.54.